The first-order valence-corrected chi connectivity index (χ1v) is 6.19. The van der Waals surface area contributed by atoms with Gasteiger partial charge in [0.15, 0.2) is 0 Å². The van der Waals surface area contributed by atoms with Crippen LogP contribution in [0.15, 0.2) is 24.8 Å². The molecule has 0 N–H and O–H groups in total. The molecule has 1 fully saturated rings. The summed E-state index contributed by atoms with van der Waals surface area (Å²) in [5.41, 5.74) is 2.62. The van der Waals surface area contributed by atoms with Gasteiger partial charge >= 0.3 is 0 Å². The number of aromatic nitrogens is 4. The Hall–Kier alpha value is -2.26. The maximum atomic E-state index is 8.77. The highest BCUT2D eigenvalue weighted by Crippen LogP contribution is 2.22. The standard InChI is InChI=1S/C13H14N6/c1-10-13(16-3-2-15-10)9-18-7-12(8-18)19-6-11(4-14)5-17-19/h2-3,5-6,12H,7-9H2,1H3. The van der Waals surface area contributed by atoms with Crippen molar-refractivity contribution >= 4 is 0 Å². The van der Waals surface area contributed by atoms with Crippen molar-refractivity contribution in [1.29, 1.82) is 5.26 Å². The number of aryl methyl sites for hydroxylation is 1. The molecular weight excluding hydrogens is 240 g/mol. The van der Waals surface area contributed by atoms with Gasteiger partial charge in [-0.25, -0.2) is 0 Å². The van der Waals surface area contributed by atoms with Crippen LogP contribution in [0.2, 0.25) is 0 Å². The second-order valence-corrected chi connectivity index (χ2v) is 4.76. The van der Waals surface area contributed by atoms with Crippen LogP contribution in [0, 0.1) is 18.3 Å². The molecule has 0 unspecified atom stereocenters. The minimum absolute atomic E-state index is 0.360. The van der Waals surface area contributed by atoms with E-state index < -0.39 is 0 Å². The molecule has 6 heteroatoms. The zero-order valence-corrected chi connectivity index (χ0v) is 10.7. The summed E-state index contributed by atoms with van der Waals surface area (Å²) >= 11 is 0. The fraction of sp³-hybridized carbons (Fsp3) is 0.385. The maximum Gasteiger partial charge on any atom is 0.102 e. The Morgan fingerprint density at radius 3 is 2.84 bits per heavy atom. The number of nitriles is 1. The Bertz CT molecular complexity index is 620. The van der Waals surface area contributed by atoms with Crippen LogP contribution in [0.25, 0.3) is 0 Å². The highest BCUT2D eigenvalue weighted by molar-refractivity contribution is 5.22. The van der Waals surface area contributed by atoms with Gasteiger partial charge in [0, 0.05) is 38.2 Å². The fourth-order valence-electron chi connectivity index (χ4n) is 2.24. The average Bonchev–Trinajstić information content (AvgIpc) is 2.83. The SMILES string of the molecule is Cc1nccnc1CN1CC(n2cc(C#N)cn2)C1. The second kappa shape index (κ2) is 4.78. The first-order valence-electron chi connectivity index (χ1n) is 6.19. The van der Waals surface area contributed by atoms with Crippen LogP contribution in [0.1, 0.15) is 23.0 Å². The predicted molar refractivity (Wildman–Crippen MR) is 68.0 cm³/mol. The number of hydrogen-bond acceptors (Lipinski definition) is 5. The molecule has 0 saturated carbocycles. The molecule has 0 spiro atoms. The topological polar surface area (TPSA) is 70.6 Å². The third kappa shape index (κ3) is 2.33. The number of nitrogens with zero attached hydrogens (tertiary/aromatic N) is 6. The van der Waals surface area contributed by atoms with Gasteiger partial charge in [0.1, 0.15) is 6.07 Å². The Labute approximate surface area is 111 Å². The lowest BCUT2D eigenvalue weighted by atomic mass is 10.1. The summed E-state index contributed by atoms with van der Waals surface area (Å²) in [5.74, 6) is 0. The Kier molecular flexibility index (Phi) is 2.97. The van der Waals surface area contributed by atoms with E-state index in [1.807, 2.05) is 11.6 Å². The van der Waals surface area contributed by atoms with Crippen LogP contribution in [0.4, 0.5) is 0 Å². The van der Waals surface area contributed by atoms with Gasteiger partial charge in [-0.1, -0.05) is 0 Å². The van der Waals surface area contributed by atoms with Crippen molar-refractivity contribution in [3.63, 3.8) is 0 Å². The molecule has 2 aromatic heterocycles. The van der Waals surface area contributed by atoms with Crippen LogP contribution in [-0.4, -0.2) is 37.7 Å². The lowest BCUT2D eigenvalue weighted by Gasteiger charge is -2.39. The Morgan fingerprint density at radius 2 is 2.16 bits per heavy atom. The van der Waals surface area contributed by atoms with E-state index in [9.17, 15) is 0 Å². The van der Waals surface area contributed by atoms with Gasteiger partial charge in [-0.15, -0.1) is 0 Å². The van der Waals surface area contributed by atoms with Crippen LogP contribution >= 0.6 is 0 Å². The molecule has 0 aliphatic carbocycles. The highest BCUT2D eigenvalue weighted by atomic mass is 15.4. The minimum Gasteiger partial charge on any atom is -0.293 e. The van der Waals surface area contributed by atoms with Crippen molar-refractivity contribution in [2.24, 2.45) is 0 Å². The van der Waals surface area contributed by atoms with E-state index >= 15 is 0 Å². The number of likely N-dealkylation sites (tertiary alicyclic amines) is 1. The van der Waals surface area contributed by atoms with E-state index in [2.05, 4.69) is 26.0 Å². The molecule has 0 bridgehead atoms. The molecule has 3 rings (SSSR count). The third-order valence-electron chi connectivity index (χ3n) is 3.40. The molecule has 1 saturated heterocycles. The third-order valence-corrected chi connectivity index (χ3v) is 3.40. The van der Waals surface area contributed by atoms with E-state index in [4.69, 9.17) is 5.26 Å². The monoisotopic (exact) mass is 254 g/mol. The molecule has 0 atom stereocenters. The van der Waals surface area contributed by atoms with Crippen LogP contribution in [0.5, 0.6) is 0 Å². The Morgan fingerprint density at radius 1 is 1.37 bits per heavy atom. The first kappa shape index (κ1) is 11.8. The second-order valence-electron chi connectivity index (χ2n) is 4.76. The molecule has 0 aromatic carbocycles. The van der Waals surface area contributed by atoms with Crippen molar-refractivity contribution in [1.82, 2.24) is 24.6 Å². The number of rotatable bonds is 3. The molecule has 0 radical (unpaired) electrons. The summed E-state index contributed by atoms with van der Waals surface area (Å²) in [6.07, 6.45) is 6.85. The maximum absolute atomic E-state index is 8.77. The average molecular weight is 254 g/mol. The van der Waals surface area contributed by atoms with E-state index in [0.717, 1.165) is 31.0 Å². The molecule has 96 valence electrons. The van der Waals surface area contributed by atoms with Gasteiger partial charge in [0.05, 0.1) is 29.2 Å². The highest BCUT2D eigenvalue weighted by Gasteiger charge is 2.29. The van der Waals surface area contributed by atoms with Crippen LogP contribution in [-0.2, 0) is 6.54 Å². The van der Waals surface area contributed by atoms with Gasteiger partial charge in [0.2, 0.25) is 0 Å². The molecule has 1 aliphatic rings. The van der Waals surface area contributed by atoms with Gasteiger partial charge in [0.25, 0.3) is 0 Å². The number of hydrogen-bond donors (Lipinski definition) is 0. The fourth-order valence-corrected chi connectivity index (χ4v) is 2.24. The largest absolute Gasteiger partial charge is 0.293 e. The molecule has 2 aromatic rings. The zero-order chi connectivity index (χ0) is 13.2. The molecule has 3 heterocycles. The summed E-state index contributed by atoms with van der Waals surface area (Å²) in [4.78, 5) is 10.9. The summed E-state index contributed by atoms with van der Waals surface area (Å²) in [6.45, 7) is 4.67. The minimum atomic E-state index is 0.360. The first-order chi connectivity index (χ1) is 9.26. The molecular formula is C13H14N6. The van der Waals surface area contributed by atoms with E-state index in [0.29, 0.717) is 11.6 Å². The summed E-state index contributed by atoms with van der Waals surface area (Å²) < 4.78 is 1.87. The van der Waals surface area contributed by atoms with E-state index in [-0.39, 0.29) is 0 Å². The van der Waals surface area contributed by atoms with E-state index in [1.54, 1.807) is 24.8 Å². The summed E-state index contributed by atoms with van der Waals surface area (Å²) in [5, 5.41) is 13.0. The summed E-state index contributed by atoms with van der Waals surface area (Å²) in [6, 6.07) is 2.45. The smallest absolute Gasteiger partial charge is 0.102 e. The normalized spacial score (nSPS) is 16.0. The van der Waals surface area contributed by atoms with Crippen LogP contribution in [0.3, 0.4) is 0 Å². The molecule has 19 heavy (non-hydrogen) atoms. The van der Waals surface area contributed by atoms with Crippen molar-refractivity contribution in [2.45, 2.75) is 19.5 Å². The van der Waals surface area contributed by atoms with E-state index in [1.165, 1.54) is 0 Å². The predicted octanol–water partition coefficient (Wildman–Crippen LogP) is 0.910. The molecule has 1 aliphatic heterocycles. The zero-order valence-electron chi connectivity index (χ0n) is 10.7. The van der Waals surface area contributed by atoms with Crippen molar-refractivity contribution < 1.29 is 0 Å². The van der Waals surface area contributed by atoms with Crippen molar-refractivity contribution in [3.8, 4) is 6.07 Å². The quantitative estimate of drug-likeness (QED) is 0.814. The molecule has 6 nitrogen and oxygen atoms in total. The van der Waals surface area contributed by atoms with Crippen molar-refractivity contribution in [2.75, 3.05) is 13.1 Å². The van der Waals surface area contributed by atoms with Gasteiger partial charge in [-0.05, 0) is 6.92 Å². The van der Waals surface area contributed by atoms with Crippen molar-refractivity contribution in [3.05, 3.63) is 41.7 Å². The molecule has 0 amide bonds. The Balaban J connectivity index is 1.59. The van der Waals surface area contributed by atoms with Gasteiger partial charge < -0.3 is 0 Å². The van der Waals surface area contributed by atoms with Gasteiger partial charge in [-0.2, -0.15) is 10.4 Å². The van der Waals surface area contributed by atoms with Gasteiger partial charge in [-0.3, -0.25) is 19.5 Å². The lowest BCUT2D eigenvalue weighted by Crippen LogP contribution is -2.47. The van der Waals surface area contributed by atoms with Crippen LogP contribution < -0.4 is 0 Å². The lowest BCUT2D eigenvalue weighted by molar-refractivity contribution is 0.0892. The summed E-state index contributed by atoms with van der Waals surface area (Å²) in [7, 11) is 0.